The summed E-state index contributed by atoms with van der Waals surface area (Å²) in [6.07, 6.45) is 4.35. The van der Waals surface area contributed by atoms with Gasteiger partial charge in [0.1, 0.15) is 5.82 Å². The van der Waals surface area contributed by atoms with Gasteiger partial charge in [-0.3, -0.25) is 0 Å². The molecule has 0 saturated heterocycles. The van der Waals surface area contributed by atoms with Crippen molar-refractivity contribution in [2.45, 2.75) is 25.3 Å². The van der Waals surface area contributed by atoms with Gasteiger partial charge in [-0.25, -0.2) is 9.97 Å². The van der Waals surface area contributed by atoms with Crippen LogP contribution in [-0.2, 0) is 6.54 Å². The van der Waals surface area contributed by atoms with Crippen LogP contribution in [0.15, 0.2) is 12.3 Å². The Hall–Kier alpha value is -0.960. The van der Waals surface area contributed by atoms with Gasteiger partial charge in [-0.05, 0) is 18.9 Å². The van der Waals surface area contributed by atoms with Crippen LogP contribution in [0.25, 0.3) is 0 Å². The molecule has 0 unspecified atom stereocenters. The summed E-state index contributed by atoms with van der Waals surface area (Å²) in [4.78, 5) is 8.35. The van der Waals surface area contributed by atoms with Gasteiger partial charge >= 0.3 is 0 Å². The summed E-state index contributed by atoms with van der Waals surface area (Å²) >= 11 is 0. The van der Waals surface area contributed by atoms with E-state index >= 15 is 0 Å². The first-order valence-electron chi connectivity index (χ1n) is 3.92. The lowest BCUT2D eigenvalue weighted by molar-refractivity contribution is 0.863. The molecule has 3 nitrogen and oxygen atoms in total. The van der Waals surface area contributed by atoms with E-state index in [-0.39, 0.29) is 0 Å². The molecule has 0 bridgehead atoms. The topological polar surface area (TPSA) is 51.8 Å². The van der Waals surface area contributed by atoms with E-state index in [1.54, 1.807) is 6.20 Å². The molecule has 1 aliphatic carbocycles. The Balaban J connectivity index is 2.26. The molecule has 11 heavy (non-hydrogen) atoms. The quantitative estimate of drug-likeness (QED) is 0.677. The predicted octanol–water partition coefficient (Wildman–Crippen LogP) is 0.813. The third-order valence-electron chi connectivity index (χ3n) is 1.91. The Morgan fingerprint density at radius 2 is 2.36 bits per heavy atom. The van der Waals surface area contributed by atoms with Gasteiger partial charge in [-0.2, -0.15) is 0 Å². The zero-order chi connectivity index (χ0) is 7.68. The van der Waals surface area contributed by atoms with E-state index in [4.69, 9.17) is 5.73 Å². The van der Waals surface area contributed by atoms with Crippen molar-refractivity contribution >= 4 is 0 Å². The number of hydrogen-bond acceptors (Lipinski definition) is 3. The SMILES string of the molecule is NCc1nccc(C2CC2)n1. The minimum atomic E-state index is 0.445. The van der Waals surface area contributed by atoms with Gasteiger partial charge in [0, 0.05) is 17.8 Å². The predicted molar refractivity (Wildman–Crippen MR) is 41.9 cm³/mol. The molecule has 0 aromatic carbocycles. The van der Waals surface area contributed by atoms with Gasteiger partial charge in [-0.1, -0.05) is 0 Å². The second-order valence-electron chi connectivity index (χ2n) is 2.88. The number of nitrogens with zero attached hydrogens (tertiary/aromatic N) is 2. The number of hydrogen-bond donors (Lipinski definition) is 1. The van der Waals surface area contributed by atoms with Crippen molar-refractivity contribution in [3.05, 3.63) is 23.8 Å². The highest BCUT2D eigenvalue weighted by Crippen LogP contribution is 2.38. The largest absolute Gasteiger partial charge is 0.324 e. The first kappa shape index (κ1) is 6.73. The van der Waals surface area contributed by atoms with Gasteiger partial charge in [0.15, 0.2) is 0 Å². The van der Waals surface area contributed by atoms with E-state index in [9.17, 15) is 0 Å². The van der Waals surface area contributed by atoms with Crippen molar-refractivity contribution in [1.82, 2.24) is 9.97 Å². The zero-order valence-corrected chi connectivity index (χ0v) is 6.33. The normalized spacial score (nSPS) is 16.8. The fraction of sp³-hybridized carbons (Fsp3) is 0.500. The second kappa shape index (κ2) is 2.58. The fourth-order valence-corrected chi connectivity index (χ4v) is 1.12. The van der Waals surface area contributed by atoms with Gasteiger partial charge in [0.05, 0.1) is 6.54 Å². The lowest BCUT2D eigenvalue weighted by Crippen LogP contribution is -2.03. The molecule has 0 radical (unpaired) electrons. The van der Waals surface area contributed by atoms with Crippen molar-refractivity contribution in [1.29, 1.82) is 0 Å². The van der Waals surface area contributed by atoms with Crippen molar-refractivity contribution in [2.24, 2.45) is 5.73 Å². The summed E-state index contributed by atoms with van der Waals surface area (Å²) in [7, 11) is 0. The van der Waals surface area contributed by atoms with Crippen LogP contribution >= 0.6 is 0 Å². The molecule has 58 valence electrons. The maximum absolute atomic E-state index is 5.41. The van der Waals surface area contributed by atoms with E-state index in [0.29, 0.717) is 12.5 Å². The third kappa shape index (κ3) is 1.38. The van der Waals surface area contributed by atoms with E-state index in [1.807, 2.05) is 6.07 Å². The van der Waals surface area contributed by atoms with Crippen LogP contribution in [-0.4, -0.2) is 9.97 Å². The monoisotopic (exact) mass is 149 g/mol. The van der Waals surface area contributed by atoms with Crippen LogP contribution in [0.5, 0.6) is 0 Å². The van der Waals surface area contributed by atoms with Crippen LogP contribution in [0.1, 0.15) is 30.3 Å². The third-order valence-corrected chi connectivity index (χ3v) is 1.91. The van der Waals surface area contributed by atoms with Gasteiger partial charge in [0.2, 0.25) is 0 Å². The lowest BCUT2D eigenvalue weighted by atomic mass is 10.3. The standard InChI is InChI=1S/C8H11N3/c9-5-8-10-4-3-7(11-8)6-1-2-6/h3-4,6H,1-2,5,9H2. The Labute approximate surface area is 65.7 Å². The number of rotatable bonds is 2. The van der Waals surface area contributed by atoms with Gasteiger partial charge < -0.3 is 5.73 Å². The molecule has 1 saturated carbocycles. The molecule has 0 atom stereocenters. The summed E-state index contributed by atoms with van der Waals surface area (Å²) < 4.78 is 0. The summed E-state index contributed by atoms with van der Waals surface area (Å²) in [5.74, 6) is 1.46. The minimum Gasteiger partial charge on any atom is -0.324 e. The first-order valence-corrected chi connectivity index (χ1v) is 3.92. The van der Waals surface area contributed by atoms with Crippen molar-refractivity contribution in [3.63, 3.8) is 0 Å². The average molecular weight is 149 g/mol. The van der Waals surface area contributed by atoms with Crippen LogP contribution < -0.4 is 5.73 Å². The Bertz CT molecular complexity index is 255. The molecule has 1 fully saturated rings. The summed E-state index contributed by atoms with van der Waals surface area (Å²) in [5.41, 5.74) is 6.58. The highest BCUT2D eigenvalue weighted by atomic mass is 14.9. The maximum Gasteiger partial charge on any atom is 0.142 e. The summed E-state index contributed by atoms with van der Waals surface area (Å²) in [6.45, 7) is 0.445. The molecule has 1 heterocycles. The lowest BCUT2D eigenvalue weighted by Gasteiger charge is -1.98. The van der Waals surface area contributed by atoms with Crippen LogP contribution in [0.4, 0.5) is 0 Å². The van der Waals surface area contributed by atoms with Crippen molar-refractivity contribution in [3.8, 4) is 0 Å². The van der Waals surface area contributed by atoms with E-state index in [1.165, 1.54) is 18.5 Å². The molecule has 0 spiro atoms. The van der Waals surface area contributed by atoms with Crippen LogP contribution in [0, 0.1) is 0 Å². The molecule has 0 aliphatic heterocycles. The van der Waals surface area contributed by atoms with Gasteiger partial charge in [-0.15, -0.1) is 0 Å². The minimum absolute atomic E-state index is 0.445. The molecule has 0 amide bonds. The zero-order valence-electron chi connectivity index (χ0n) is 6.33. The highest BCUT2D eigenvalue weighted by molar-refractivity contribution is 5.13. The molecule has 1 aromatic rings. The smallest absolute Gasteiger partial charge is 0.142 e. The van der Waals surface area contributed by atoms with Crippen molar-refractivity contribution < 1.29 is 0 Å². The number of nitrogens with two attached hydrogens (primary N) is 1. The van der Waals surface area contributed by atoms with E-state index in [0.717, 1.165) is 5.82 Å². The van der Waals surface area contributed by atoms with Gasteiger partial charge in [0.25, 0.3) is 0 Å². The fourth-order valence-electron chi connectivity index (χ4n) is 1.12. The van der Waals surface area contributed by atoms with Crippen molar-refractivity contribution in [2.75, 3.05) is 0 Å². The van der Waals surface area contributed by atoms with E-state index in [2.05, 4.69) is 9.97 Å². The molecule has 1 aliphatic rings. The molecule has 1 aromatic heterocycles. The maximum atomic E-state index is 5.41. The average Bonchev–Trinajstić information content (AvgIpc) is 2.87. The van der Waals surface area contributed by atoms with Crippen LogP contribution in [0.3, 0.4) is 0 Å². The summed E-state index contributed by atoms with van der Waals surface area (Å²) in [6, 6.07) is 1.98. The molecule has 2 rings (SSSR count). The second-order valence-corrected chi connectivity index (χ2v) is 2.88. The molecule has 3 heteroatoms. The molecular formula is C8H11N3. The number of aromatic nitrogens is 2. The highest BCUT2D eigenvalue weighted by Gasteiger charge is 2.24. The Kier molecular flexibility index (Phi) is 1.58. The summed E-state index contributed by atoms with van der Waals surface area (Å²) in [5, 5.41) is 0. The molecular weight excluding hydrogens is 138 g/mol. The Morgan fingerprint density at radius 3 is 3.00 bits per heavy atom. The first-order chi connectivity index (χ1) is 5.40. The Morgan fingerprint density at radius 1 is 1.55 bits per heavy atom. The molecule has 2 N–H and O–H groups in total. The van der Waals surface area contributed by atoms with E-state index < -0.39 is 0 Å². The van der Waals surface area contributed by atoms with Crippen LogP contribution in [0.2, 0.25) is 0 Å².